The Morgan fingerprint density at radius 3 is 2.81 bits per heavy atom. The number of primary amides is 1. The van der Waals surface area contributed by atoms with Crippen LogP contribution in [0.5, 0.6) is 5.75 Å². The lowest BCUT2D eigenvalue weighted by molar-refractivity contribution is -0.123. The molecule has 37 heavy (non-hydrogen) atoms. The lowest BCUT2D eigenvalue weighted by atomic mass is 10.2. The summed E-state index contributed by atoms with van der Waals surface area (Å²) in [6, 6.07) is 8.80. The number of nitrogens with one attached hydrogen (secondary N) is 1. The number of ether oxygens (including phenoxy) is 1. The zero-order chi connectivity index (χ0) is 26.4. The molecule has 0 spiro atoms. The maximum absolute atomic E-state index is 15.0. The molecule has 4 aromatic rings. The van der Waals surface area contributed by atoms with Crippen LogP contribution in [0.3, 0.4) is 0 Å². The van der Waals surface area contributed by atoms with Gasteiger partial charge in [0.25, 0.3) is 0 Å². The molecule has 0 aliphatic carbocycles. The number of hydrogen-bond donors (Lipinski definition) is 3. The molecule has 0 saturated heterocycles. The number of carbonyl (C=O) groups excluding carboxylic acids is 2. The molecule has 2 heterocycles. The first-order valence-corrected chi connectivity index (χ1v) is 11.2. The van der Waals surface area contributed by atoms with E-state index in [1.807, 2.05) is 0 Å². The second-order valence-electron chi connectivity index (χ2n) is 7.86. The van der Waals surface area contributed by atoms with Crippen molar-refractivity contribution in [3.05, 3.63) is 66.8 Å². The third kappa shape index (κ3) is 5.95. The molecule has 2 aromatic carbocycles. The quantitative estimate of drug-likeness (QED) is 0.259. The fourth-order valence-electron chi connectivity index (χ4n) is 3.59. The van der Waals surface area contributed by atoms with E-state index >= 15 is 0 Å². The number of carbonyl (C=O) groups is 2. The Labute approximate surface area is 209 Å². The van der Waals surface area contributed by atoms with Crippen molar-refractivity contribution in [3.8, 4) is 5.75 Å². The standard InChI is InChI=1S/C24H23F2N7O4/c25-18-3-1-4-20(23(18)26)33(15-10-31-32(11-15)12-21(27)35)24-17-6-5-16(9-19(17)29-14-30-24)37-8-2-7-28-22(36)13-34/h1,3-6,9-11,14,34H,2,7-8,12-13H2,(H2,27,35)(H,28,36). The summed E-state index contributed by atoms with van der Waals surface area (Å²) in [5, 5.41) is 15.9. The predicted octanol–water partition coefficient (Wildman–Crippen LogP) is 1.94. The largest absolute Gasteiger partial charge is 0.493 e. The molecule has 0 aliphatic rings. The highest BCUT2D eigenvalue weighted by molar-refractivity contribution is 5.95. The van der Waals surface area contributed by atoms with E-state index in [0.717, 1.165) is 6.07 Å². The highest BCUT2D eigenvalue weighted by Gasteiger charge is 2.23. The Morgan fingerprint density at radius 2 is 2.03 bits per heavy atom. The SMILES string of the molecule is NC(=O)Cn1cc(N(c2cccc(F)c2F)c2ncnc3cc(OCCCNC(=O)CO)ccc23)cn1. The summed E-state index contributed by atoms with van der Waals surface area (Å²) in [5.74, 6) is -2.47. The molecule has 2 amide bonds. The topological polar surface area (TPSA) is 148 Å². The molecular formula is C24H23F2N7O4. The number of nitrogens with zero attached hydrogens (tertiary/aromatic N) is 5. The molecule has 0 saturated carbocycles. The number of nitrogens with two attached hydrogens (primary N) is 1. The van der Waals surface area contributed by atoms with Crippen molar-refractivity contribution in [2.24, 2.45) is 5.73 Å². The van der Waals surface area contributed by atoms with Gasteiger partial charge in [-0.3, -0.25) is 19.2 Å². The van der Waals surface area contributed by atoms with E-state index in [-0.39, 0.29) is 18.1 Å². The van der Waals surface area contributed by atoms with Gasteiger partial charge in [-0.05, 0) is 30.7 Å². The second-order valence-corrected chi connectivity index (χ2v) is 7.86. The van der Waals surface area contributed by atoms with E-state index in [2.05, 4.69) is 20.4 Å². The number of hydrogen-bond acceptors (Lipinski definition) is 8. The molecule has 2 aromatic heterocycles. The molecule has 0 unspecified atom stereocenters. The number of amides is 2. The summed E-state index contributed by atoms with van der Waals surface area (Å²) >= 11 is 0. The molecule has 13 heteroatoms. The lowest BCUT2D eigenvalue weighted by Crippen LogP contribution is -2.27. The summed E-state index contributed by atoms with van der Waals surface area (Å²) in [7, 11) is 0. The van der Waals surface area contributed by atoms with E-state index in [1.165, 1.54) is 40.4 Å². The number of anilines is 3. The van der Waals surface area contributed by atoms with E-state index in [0.29, 0.717) is 41.9 Å². The van der Waals surface area contributed by atoms with E-state index in [9.17, 15) is 18.4 Å². The van der Waals surface area contributed by atoms with Crippen molar-refractivity contribution in [1.82, 2.24) is 25.1 Å². The van der Waals surface area contributed by atoms with Crippen LogP contribution in [0.25, 0.3) is 10.9 Å². The van der Waals surface area contributed by atoms with Crippen LogP contribution < -0.4 is 20.7 Å². The lowest BCUT2D eigenvalue weighted by Gasteiger charge is -2.24. The third-order valence-electron chi connectivity index (χ3n) is 5.22. The van der Waals surface area contributed by atoms with Gasteiger partial charge < -0.3 is 20.9 Å². The summed E-state index contributed by atoms with van der Waals surface area (Å²) in [6.45, 7) is -0.129. The van der Waals surface area contributed by atoms with Gasteiger partial charge in [0.2, 0.25) is 11.8 Å². The Bertz CT molecular complexity index is 1430. The van der Waals surface area contributed by atoms with Crippen molar-refractivity contribution >= 4 is 39.9 Å². The van der Waals surface area contributed by atoms with Gasteiger partial charge in [-0.2, -0.15) is 5.10 Å². The summed E-state index contributed by atoms with van der Waals surface area (Å²) in [5.41, 5.74) is 5.92. The minimum absolute atomic E-state index is 0.121. The molecule has 192 valence electrons. The first-order chi connectivity index (χ1) is 17.9. The van der Waals surface area contributed by atoms with Crippen molar-refractivity contribution in [1.29, 1.82) is 0 Å². The number of aliphatic hydroxyl groups is 1. The van der Waals surface area contributed by atoms with Crippen LogP contribution in [0.15, 0.2) is 55.1 Å². The minimum atomic E-state index is -1.09. The van der Waals surface area contributed by atoms with Gasteiger partial charge in [0.05, 0.1) is 29.7 Å². The highest BCUT2D eigenvalue weighted by atomic mass is 19.2. The van der Waals surface area contributed by atoms with Gasteiger partial charge in [-0.25, -0.2) is 18.7 Å². The molecule has 11 nitrogen and oxygen atoms in total. The van der Waals surface area contributed by atoms with Crippen molar-refractivity contribution in [3.63, 3.8) is 0 Å². The van der Waals surface area contributed by atoms with Gasteiger partial charge in [-0.15, -0.1) is 0 Å². The van der Waals surface area contributed by atoms with E-state index < -0.39 is 30.1 Å². The monoisotopic (exact) mass is 511 g/mol. The van der Waals surface area contributed by atoms with Crippen LogP contribution in [-0.2, 0) is 16.1 Å². The number of fused-ring (bicyclic) bond motifs is 1. The molecule has 4 rings (SSSR count). The van der Waals surface area contributed by atoms with Crippen molar-refractivity contribution in [2.45, 2.75) is 13.0 Å². The Hall–Kier alpha value is -4.65. The van der Waals surface area contributed by atoms with Crippen LogP contribution >= 0.6 is 0 Å². The maximum Gasteiger partial charge on any atom is 0.245 e. The van der Waals surface area contributed by atoms with Gasteiger partial charge in [0.1, 0.15) is 31.0 Å². The zero-order valence-electron chi connectivity index (χ0n) is 19.5. The predicted molar refractivity (Wildman–Crippen MR) is 129 cm³/mol. The molecule has 0 bridgehead atoms. The number of benzene rings is 2. The number of aromatic nitrogens is 4. The molecule has 0 aliphatic heterocycles. The van der Waals surface area contributed by atoms with E-state index in [1.54, 1.807) is 18.2 Å². The Morgan fingerprint density at radius 1 is 1.19 bits per heavy atom. The van der Waals surface area contributed by atoms with Gasteiger partial charge >= 0.3 is 0 Å². The van der Waals surface area contributed by atoms with Crippen LogP contribution in [-0.4, -0.2) is 56.4 Å². The maximum atomic E-state index is 15.0. The third-order valence-corrected chi connectivity index (χ3v) is 5.22. The fourth-order valence-corrected chi connectivity index (χ4v) is 3.59. The van der Waals surface area contributed by atoms with Gasteiger partial charge in [0, 0.05) is 24.2 Å². The number of rotatable bonds is 11. The molecule has 0 atom stereocenters. The number of halogens is 2. The molecular weight excluding hydrogens is 488 g/mol. The van der Waals surface area contributed by atoms with E-state index in [4.69, 9.17) is 15.6 Å². The van der Waals surface area contributed by atoms with Crippen LogP contribution in [0.2, 0.25) is 0 Å². The van der Waals surface area contributed by atoms with Crippen LogP contribution in [0.1, 0.15) is 6.42 Å². The van der Waals surface area contributed by atoms with Gasteiger partial charge in [0.15, 0.2) is 11.6 Å². The Kier molecular flexibility index (Phi) is 7.83. The fraction of sp³-hybridized carbons (Fsp3) is 0.208. The minimum Gasteiger partial charge on any atom is -0.493 e. The highest BCUT2D eigenvalue weighted by Crippen LogP contribution is 2.38. The molecule has 0 fully saturated rings. The van der Waals surface area contributed by atoms with Gasteiger partial charge in [-0.1, -0.05) is 6.07 Å². The van der Waals surface area contributed by atoms with Crippen LogP contribution in [0.4, 0.5) is 26.0 Å². The molecule has 4 N–H and O–H groups in total. The Balaban J connectivity index is 1.67. The summed E-state index contributed by atoms with van der Waals surface area (Å²) < 4.78 is 36.1. The number of aliphatic hydroxyl groups excluding tert-OH is 1. The average Bonchev–Trinajstić information content (AvgIpc) is 3.33. The normalized spacial score (nSPS) is 10.9. The van der Waals surface area contributed by atoms with Crippen molar-refractivity contribution in [2.75, 3.05) is 24.7 Å². The summed E-state index contributed by atoms with van der Waals surface area (Å²) in [4.78, 5) is 32.4. The average molecular weight is 511 g/mol. The smallest absolute Gasteiger partial charge is 0.245 e. The molecule has 0 radical (unpaired) electrons. The summed E-state index contributed by atoms with van der Waals surface area (Å²) in [6.07, 6.45) is 4.65. The van der Waals surface area contributed by atoms with Crippen LogP contribution in [0, 0.1) is 11.6 Å². The first kappa shape index (κ1) is 25.4. The first-order valence-electron chi connectivity index (χ1n) is 11.2. The second kappa shape index (κ2) is 11.4. The van der Waals surface area contributed by atoms with Crippen molar-refractivity contribution < 1.29 is 28.2 Å². The zero-order valence-corrected chi connectivity index (χ0v) is 19.5.